The monoisotopic (exact) mass is 481 g/mol. The van der Waals surface area contributed by atoms with Crippen LogP contribution in [0.2, 0.25) is 0 Å². The van der Waals surface area contributed by atoms with Crippen LogP contribution in [-0.2, 0) is 28.7 Å². The van der Waals surface area contributed by atoms with Gasteiger partial charge in [-0.15, -0.1) is 0 Å². The highest BCUT2D eigenvalue weighted by molar-refractivity contribution is 5.84. The molecule has 0 aromatic carbocycles. The first-order valence-electron chi connectivity index (χ1n) is 12.7. The molecule has 1 N–H and O–H groups in total. The summed E-state index contributed by atoms with van der Waals surface area (Å²) in [5.41, 5.74) is -0.743. The van der Waals surface area contributed by atoms with Gasteiger partial charge in [-0.3, -0.25) is 4.79 Å². The average molecular weight is 482 g/mol. The molecule has 1 saturated heterocycles. The Bertz CT molecular complexity index is 913. The molecule has 1 aromatic heterocycles. The smallest absolute Gasteiger partial charge is 0.422 e. The minimum atomic E-state index is -4.59. The maximum Gasteiger partial charge on any atom is 0.422 e. The van der Waals surface area contributed by atoms with Gasteiger partial charge in [0.25, 0.3) is 0 Å². The van der Waals surface area contributed by atoms with Crippen molar-refractivity contribution in [3.63, 3.8) is 0 Å². The van der Waals surface area contributed by atoms with Gasteiger partial charge in [-0.05, 0) is 56.9 Å². The topological polar surface area (TPSA) is 68.5 Å². The molecule has 9 heteroatoms. The fraction of sp³-hybridized carbons (Fsp3) is 0.760. The lowest BCUT2D eigenvalue weighted by Gasteiger charge is -2.40. The lowest BCUT2D eigenvalue weighted by atomic mass is 9.71. The Morgan fingerprint density at radius 2 is 1.88 bits per heavy atom. The number of ether oxygens (including phenoxy) is 1. The second-order valence-corrected chi connectivity index (χ2v) is 10.6. The lowest BCUT2D eigenvalue weighted by Crippen LogP contribution is -2.51. The SMILES string of the molecule is O=C(N1CCc2c(cc(C(F)(F)F)c[n+]2[O-])C1)[C@@]1(C2CCCC2)CC[C@@H](NC2CCOCC2)C1. The van der Waals surface area contributed by atoms with E-state index in [4.69, 9.17) is 4.74 Å². The molecule has 0 unspecified atom stereocenters. The molecule has 3 heterocycles. The van der Waals surface area contributed by atoms with Crippen LogP contribution in [0.1, 0.15) is 74.6 Å². The first-order valence-corrected chi connectivity index (χ1v) is 12.7. The standard InChI is InChI=1S/C25H34F3N3O3/c26-25(27,28)19-13-17-15-30(10-6-22(17)31(33)16-19)23(32)24(18-3-1-2-4-18)9-5-21(14-24)29-20-7-11-34-12-8-20/h13,16,18,20-21,29H,1-12,14-15H2/t21-,24+/m1/s1. The van der Waals surface area contributed by atoms with Crippen molar-refractivity contribution in [3.05, 3.63) is 34.3 Å². The predicted octanol–water partition coefficient (Wildman–Crippen LogP) is 3.72. The number of nitrogens with zero attached hydrogens (tertiary/aromatic N) is 2. The van der Waals surface area contributed by atoms with E-state index < -0.39 is 17.2 Å². The summed E-state index contributed by atoms with van der Waals surface area (Å²) >= 11 is 0. The van der Waals surface area contributed by atoms with Crippen molar-refractivity contribution in [2.45, 2.75) is 89.0 Å². The van der Waals surface area contributed by atoms with Gasteiger partial charge in [0.1, 0.15) is 5.56 Å². The van der Waals surface area contributed by atoms with Crippen LogP contribution in [0.3, 0.4) is 0 Å². The fourth-order valence-corrected chi connectivity index (χ4v) is 6.86. The molecule has 34 heavy (non-hydrogen) atoms. The Morgan fingerprint density at radius 3 is 2.59 bits per heavy atom. The minimum Gasteiger partial charge on any atom is -0.618 e. The maximum absolute atomic E-state index is 14.1. The van der Waals surface area contributed by atoms with E-state index in [0.717, 1.165) is 77.1 Å². The van der Waals surface area contributed by atoms with Crippen LogP contribution in [0.15, 0.2) is 12.3 Å². The maximum atomic E-state index is 14.1. The molecule has 0 spiro atoms. The number of carbonyl (C=O) groups excluding carboxylic acids is 1. The quantitative estimate of drug-likeness (QED) is 0.526. The third-order valence-corrected chi connectivity index (χ3v) is 8.62. The summed E-state index contributed by atoms with van der Waals surface area (Å²) < 4.78 is 45.7. The number of nitrogens with one attached hydrogen (secondary N) is 1. The zero-order valence-electron chi connectivity index (χ0n) is 19.5. The Labute approximate surface area is 198 Å². The van der Waals surface area contributed by atoms with Gasteiger partial charge in [-0.1, -0.05) is 12.8 Å². The van der Waals surface area contributed by atoms with Crippen LogP contribution in [0, 0.1) is 16.5 Å². The lowest BCUT2D eigenvalue weighted by molar-refractivity contribution is -0.616. The number of pyridine rings is 1. The first kappa shape index (κ1) is 23.9. The third kappa shape index (κ3) is 4.53. The van der Waals surface area contributed by atoms with Crippen LogP contribution in [0.25, 0.3) is 0 Å². The summed E-state index contributed by atoms with van der Waals surface area (Å²) in [6.45, 7) is 1.99. The summed E-state index contributed by atoms with van der Waals surface area (Å²) in [5, 5.41) is 16.0. The Kier molecular flexibility index (Phi) is 6.52. The highest BCUT2D eigenvalue weighted by atomic mass is 19.4. The molecule has 0 bridgehead atoms. The number of hydrogen-bond acceptors (Lipinski definition) is 4. The number of carbonyl (C=O) groups is 1. The number of amides is 1. The van der Waals surface area contributed by atoms with Crippen molar-refractivity contribution >= 4 is 5.91 Å². The minimum absolute atomic E-state index is 0.0762. The predicted molar refractivity (Wildman–Crippen MR) is 119 cm³/mol. The third-order valence-electron chi connectivity index (χ3n) is 8.62. The molecule has 1 aromatic rings. The van der Waals surface area contributed by atoms with Gasteiger partial charge in [-0.2, -0.15) is 17.9 Å². The molecule has 2 aliphatic carbocycles. The van der Waals surface area contributed by atoms with Gasteiger partial charge < -0.3 is 20.2 Å². The van der Waals surface area contributed by atoms with E-state index in [1.807, 2.05) is 0 Å². The van der Waals surface area contributed by atoms with E-state index >= 15 is 0 Å². The highest BCUT2D eigenvalue weighted by Crippen LogP contribution is 2.52. The molecule has 2 atom stereocenters. The Hall–Kier alpha value is -1.87. The number of hydrogen-bond donors (Lipinski definition) is 1. The van der Waals surface area contributed by atoms with Gasteiger partial charge in [0, 0.05) is 37.4 Å². The van der Waals surface area contributed by atoms with Crippen molar-refractivity contribution in [3.8, 4) is 0 Å². The van der Waals surface area contributed by atoms with Crippen LogP contribution < -0.4 is 10.0 Å². The van der Waals surface area contributed by atoms with Crippen molar-refractivity contribution in [2.24, 2.45) is 11.3 Å². The Morgan fingerprint density at radius 1 is 1.15 bits per heavy atom. The van der Waals surface area contributed by atoms with Crippen molar-refractivity contribution < 1.29 is 27.4 Å². The number of aromatic nitrogens is 1. The van der Waals surface area contributed by atoms with Crippen LogP contribution in [0.4, 0.5) is 13.2 Å². The molecule has 0 radical (unpaired) electrons. The summed E-state index contributed by atoms with van der Waals surface area (Å²) in [7, 11) is 0. The van der Waals surface area contributed by atoms with Crippen molar-refractivity contribution in [2.75, 3.05) is 19.8 Å². The molecule has 188 valence electrons. The van der Waals surface area contributed by atoms with Gasteiger partial charge in [-0.25, -0.2) is 0 Å². The molecule has 3 fully saturated rings. The number of fused-ring (bicyclic) bond motifs is 1. The van der Waals surface area contributed by atoms with Crippen LogP contribution in [0.5, 0.6) is 0 Å². The largest absolute Gasteiger partial charge is 0.618 e. The molecule has 4 aliphatic rings. The van der Waals surface area contributed by atoms with Gasteiger partial charge >= 0.3 is 6.18 Å². The molecular weight excluding hydrogens is 447 g/mol. The number of halogens is 3. The zero-order chi connectivity index (χ0) is 23.9. The summed E-state index contributed by atoms with van der Waals surface area (Å²) in [6.07, 6.45) is 5.19. The van der Waals surface area contributed by atoms with E-state index in [0.29, 0.717) is 40.7 Å². The fourth-order valence-electron chi connectivity index (χ4n) is 6.86. The normalized spacial score (nSPS) is 28.9. The van der Waals surface area contributed by atoms with Crippen LogP contribution >= 0.6 is 0 Å². The second kappa shape index (κ2) is 9.30. The number of rotatable bonds is 4. The van der Waals surface area contributed by atoms with E-state index in [-0.39, 0.29) is 24.9 Å². The molecule has 5 rings (SSSR count). The van der Waals surface area contributed by atoms with Gasteiger partial charge in [0.15, 0.2) is 11.9 Å². The highest BCUT2D eigenvalue weighted by Gasteiger charge is 2.53. The molecule has 2 aliphatic heterocycles. The summed E-state index contributed by atoms with van der Waals surface area (Å²) in [5.74, 6) is 0.407. The first-order chi connectivity index (χ1) is 16.3. The summed E-state index contributed by atoms with van der Waals surface area (Å²) in [4.78, 5) is 15.8. The van der Waals surface area contributed by atoms with Gasteiger partial charge in [0.2, 0.25) is 5.91 Å². The second-order valence-electron chi connectivity index (χ2n) is 10.6. The van der Waals surface area contributed by atoms with Crippen LogP contribution in [-0.4, -0.2) is 42.6 Å². The summed E-state index contributed by atoms with van der Waals surface area (Å²) in [6, 6.07) is 1.75. The number of alkyl halides is 3. The zero-order valence-corrected chi connectivity index (χ0v) is 19.5. The van der Waals surface area contributed by atoms with Gasteiger partial charge in [0.05, 0.1) is 18.4 Å². The van der Waals surface area contributed by atoms with E-state index in [9.17, 15) is 23.2 Å². The molecule has 2 saturated carbocycles. The Balaban J connectivity index is 1.36. The van der Waals surface area contributed by atoms with Crippen molar-refractivity contribution in [1.29, 1.82) is 0 Å². The molecular formula is C25H34F3N3O3. The molecule has 6 nitrogen and oxygen atoms in total. The van der Waals surface area contributed by atoms with E-state index in [1.165, 1.54) is 0 Å². The average Bonchev–Trinajstić information content (AvgIpc) is 3.49. The molecule has 1 amide bonds. The van der Waals surface area contributed by atoms with Crippen molar-refractivity contribution in [1.82, 2.24) is 10.2 Å². The van der Waals surface area contributed by atoms with E-state index in [1.54, 1.807) is 4.90 Å². The van der Waals surface area contributed by atoms with E-state index in [2.05, 4.69) is 5.32 Å².